The molecule has 0 atom stereocenters. The lowest BCUT2D eigenvalue weighted by atomic mass is 9.94. The maximum Gasteiger partial charge on any atom is 0.140 e. The average Bonchev–Trinajstić information content (AvgIpc) is 2.48. The summed E-state index contributed by atoms with van der Waals surface area (Å²) in [5, 5.41) is 3.35. The number of nitrogens with one attached hydrogen (secondary N) is 1. The van der Waals surface area contributed by atoms with E-state index in [4.69, 9.17) is 22.9 Å². The molecule has 3 nitrogen and oxygen atoms in total. The second kappa shape index (κ2) is 6.12. The Morgan fingerprint density at radius 2 is 2.00 bits per heavy atom. The molecule has 5 heteroatoms. The molecule has 0 radical (unpaired) electrons. The van der Waals surface area contributed by atoms with Gasteiger partial charge in [0.05, 0.1) is 11.3 Å². The summed E-state index contributed by atoms with van der Waals surface area (Å²) in [6, 6.07) is 10.0. The number of fused-ring (bicyclic) bond motifs is 1. The van der Waals surface area contributed by atoms with Gasteiger partial charge in [0.15, 0.2) is 0 Å². The molecule has 0 saturated heterocycles. The minimum Gasteiger partial charge on any atom is -0.389 e. The molecule has 1 aliphatic carbocycles. The second-order valence-corrected chi connectivity index (χ2v) is 6.46. The predicted molar refractivity (Wildman–Crippen MR) is 94.2 cm³/mol. The van der Waals surface area contributed by atoms with Gasteiger partial charge in [0.25, 0.3) is 0 Å². The summed E-state index contributed by atoms with van der Waals surface area (Å²) in [6.45, 7) is 0. The van der Waals surface area contributed by atoms with Crippen LogP contribution in [-0.4, -0.2) is 9.97 Å². The standard InChI is InChI=1S/C16H16BrN3S/c17-12-6-2-4-8-14(12)20-16-11(15(18)21)9-10-5-1-3-7-13(10)19-16/h2,4,6,8-9H,1,3,5,7H2,(H2,18,21)(H,19,20). The van der Waals surface area contributed by atoms with Crippen LogP contribution in [0.25, 0.3) is 0 Å². The summed E-state index contributed by atoms with van der Waals surface area (Å²) in [4.78, 5) is 5.15. The van der Waals surface area contributed by atoms with Crippen molar-refractivity contribution in [2.24, 2.45) is 5.73 Å². The van der Waals surface area contributed by atoms with Crippen molar-refractivity contribution < 1.29 is 0 Å². The smallest absolute Gasteiger partial charge is 0.140 e. The van der Waals surface area contributed by atoms with Gasteiger partial charge in [-0.3, -0.25) is 0 Å². The van der Waals surface area contributed by atoms with Crippen LogP contribution >= 0.6 is 28.1 Å². The van der Waals surface area contributed by atoms with Crippen molar-refractivity contribution in [1.82, 2.24) is 4.98 Å². The normalized spacial score (nSPS) is 13.6. The number of hydrogen-bond donors (Lipinski definition) is 2. The number of rotatable bonds is 3. The number of halogens is 1. The van der Waals surface area contributed by atoms with Gasteiger partial charge >= 0.3 is 0 Å². The number of nitrogens with zero attached hydrogens (tertiary/aromatic N) is 1. The van der Waals surface area contributed by atoms with Gasteiger partial charge in [0.2, 0.25) is 0 Å². The highest BCUT2D eigenvalue weighted by molar-refractivity contribution is 9.10. The van der Waals surface area contributed by atoms with E-state index in [1.165, 1.54) is 18.4 Å². The van der Waals surface area contributed by atoms with E-state index >= 15 is 0 Å². The van der Waals surface area contributed by atoms with E-state index in [1.807, 2.05) is 24.3 Å². The predicted octanol–water partition coefficient (Wildman–Crippen LogP) is 4.10. The molecule has 3 N–H and O–H groups in total. The lowest BCUT2D eigenvalue weighted by molar-refractivity contribution is 0.668. The Hall–Kier alpha value is -1.46. The van der Waals surface area contributed by atoms with E-state index in [0.29, 0.717) is 4.99 Å². The van der Waals surface area contributed by atoms with E-state index in [1.54, 1.807) is 0 Å². The van der Waals surface area contributed by atoms with Crippen LogP contribution in [0.1, 0.15) is 29.7 Å². The number of hydrogen-bond acceptors (Lipinski definition) is 3. The van der Waals surface area contributed by atoms with Crippen LogP contribution in [0.3, 0.4) is 0 Å². The monoisotopic (exact) mass is 361 g/mol. The van der Waals surface area contributed by atoms with Gasteiger partial charge < -0.3 is 11.1 Å². The van der Waals surface area contributed by atoms with Gasteiger partial charge in [-0.25, -0.2) is 4.98 Å². The summed E-state index contributed by atoms with van der Waals surface area (Å²) in [5.74, 6) is 0.745. The van der Waals surface area contributed by atoms with E-state index in [0.717, 1.165) is 40.1 Å². The molecule has 3 rings (SSSR count). The minimum absolute atomic E-state index is 0.380. The van der Waals surface area contributed by atoms with Crippen molar-refractivity contribution in [2.75, 3.05) is 5.32 Å². The largest absolute Gasteiger partial charge is 0.389 e. The van der Waals surface area contributed by atoms with Crippen molar-refractivity contribution >= 4 is 44.6 Å². The molecule has 2 aromatic rings. The summed E-state index contributed by atoms with van der Waals surface area (Å²) in [6.07, 6.45) is 4.49. The molecule has 0 unspecified atom stereocenters. The lowest BCUT2D eigenvalue weighted by Gasteiger charge is -2.19. The van der Waals surface area contributed by atoms with Gasteiger partial charge in [0.1, 0.15) is 10.8 Å². The summed E-state index contributed by atoms with van der Waals surface area (Å²) in [5.41, 5.74) is 10.1. The number of benzene rings is 1. The van der Waals surface area contributed by atoms with Crippen LogP contribution in [0.15, 0.2) is 34.8 Å². The highest BCUT2D eigenvalue weighted by Crippen LogP contribution is 2.29. The Balaban J connectivity index is 2.04. The first-order valence-electron chi connectivity index (χ1n) is 6.99. The van der Waals surface area contributed by atoms with E-state index in [9.17, 15) is 0 Å². The van der Waals surface area contributed by atoms with Crippen molar-refractivity contribution in [3.63, 3.8) is 0 Å². The molecule has 0 spiro atoms. The number of anilines is 2. The Bertz CT molecular complexity index is 700. The molecule has 0 amide bonds. The fourth-order valence-corrected chi connectivity index (χ4v) is 3.15. The summed E-state index contributed by atoms with van der Waals surface area (Å²) in [7, 11) is 0. The highest BCUT2D eigenvalue weighted by atomic mass is 79.9. The van der Waals surface area contributed by atoms with E-state index < -0.39 is 0 Å². The van der Waals surface area contributed by atoms with E-state index in [-0.39, 0.29) is 0 Å². The van der Waals surface area contributed by atoms with Crippen LogP contribution in [0, 0.1) is 0 Å². The number of nitrogens with two attached hydrogens (primary N) is 1. The Morgan fingerprint density at radius 1 is 1.24 bits per heavy atom. The fourth-order valence-electron chi connectivity index (χ4n) is 2.61. The van der Waals surface area contributed by atoms with Crippen molar-refractivity contribution in [3.05, 3.63) is 51.6 Å². The second-order valence-electron chi connectivity index (χ2n) is 5.17. The van der Waals surface area contributed by atoms with Crippen LogP contribution in [-0.2, 0) is 12.8 Å². The first-order valence-corrected chi connectivity index (χ1v) is 8.19. The lowest BCUT2D eigenvalue weighted by Crippen LogP contribution is -2.17. The number of pyridine rings is 1. The van der Waals surface area contributed by atoms with Crippen LogP contribution in [0.5, 0.6) is 0 Å². The van der Waals surface area contributed by atoms with Gasteiger partial charge in [-0.05, 0) is 65.4 Å². The third kappa shape index (κ3) is 3.09. The molecule has 0 saturated carbocycles. The van der Waals surface area contributed by atoms with Crippen molar-refractivity contribution in [1.29, 1.82) is 0 Å². The highest BCUT2D eigenvalue weighted by Gasteiger charge is 2.17. The third-order valence-corrected chi connectivity index (χ3v) is 4.60. The maximum absolute atomic E-state index is 5.88. The Kier molecular flexibility index (Phi) is 4.22. The molecule has 1 heterocycles. The minimum atomic E-state index is 0.380. The molecular weight excluding hydrogens is 346 g/mol. The zero-order valence-electron chi connectivity index (χ0n) is 11.5. The number of thiocarbonyl (C=S) groups is 1. The van der Waals surface area contributed by atoms with Gasteiger partial charge in [0, 0.05) is 10.2 Å². The summed E-state index contributed by atoms with van der Waals surface area (Å²) < 4.78 is 0.985. The quantitative estimate of drug-likeness (QED) is 0.808. The van der Waals surface area contributed by atoms with E-state index in [2.05, 4.69) is 27.3 Å². The van der Waals surface area contributed by atoms with Gasteiger partial charge in [-0.1, -0.05) is 24.4 Å². The Labute approximate surface area is 138 Å². The Morgan fingerprint density at radius 3 is 2.76 bits per heavy atom. The summed E-state index contributed by atoms with van der Waals surface area (Å²) >= 11 is 8.73. The number of aryl methyl sites for hydroxylation is 2. The van der Waals surface area contributed by atoms with Crippen LogP contribution in [0.4, 0.5) is 11.5 Å². The molecule has 108 valence electrons. The zero-order chi connectivity index (χ0) is 14.8. The first kappa shape index (κ1) is 14.5. The first-order chi connectivity index (χ1) is 10.1. The molecule has 1 aromatic heterocycles. The average molecular weight is 362 g/mol. The topological polar surface area (TPSA) is 50.9 Å². The van der Waals surface area contributed by atoms with Gasteiger partial charge in [-0.2, -0.15) is 0 Å². The van der Waals surface area contributed by atoms with Gasteiger partial charge in [-0.15, -0.1) is 0 Å². The molecule has 1 aromatic carbocycles. The molecular formula is C16H16BrN3S. The number of para-hydroxylation sites is 1. The maximum atomic E-state index is 5.88. The molecule has 1 aliphatic rings. The SMILES string of the molecule is NC(=S)c1cc2c(nc1Nc1ccccc1Br)CCCC2. The van der Waals surface area contributed by atoms with Crippen molar-refractivity contribution in [2.45, 2.75) is 25.7 Å². The fraction of sp³-hybridized carbons (Fsp3) is 0.250. The molecule has 0 aliphatic heterocycles. The third-order valence-electron chi connectivity index (χ3n) is 3.69. The molecule has 0 bridgehead atoms. The number of aromatic nitrogens is 1. The van der Waals surface area contributed by atoms with Crippen LogP contribution < -0.4 is 11.1 Å². The zero-order valence-corrected chi connectivity index (χ0v) is 13.9. The van der Waals surface area contributed by atoms with Crippen molar-refractivity contribution in [3.8, 4) is 0 Å². The van der Waals surface area contributed by atoms with Crippen LogP contribution in [0.2, 0.25) is 0 Å². The molecule has 0 fully saturated rings. The molecule has 21 heavy (non-hydrogen) atoms.